The van der Waals surface area contributed by atoms with Gasteiger partial charge in [0, 0.05) is 16.3 Å². The van der Waals surface area contributed by atoms with Gasteiger partial charge < -0.3 is 4.98 Å². The number of benzene rings is 1. The molecule has 92 valence electrons. The Labute approximate surface area is 112 Å². The predicted octanol–water partition coefficient (Wildman–Crippen LogP) is 4.72. The van der Waals surface area contributed by atoms with Crippen LogP contribution in [0, 0.1) is 11.3 Å². The summed E-state index contributed by atoms with van der Waals surface area (Å²) >= 11 is 5.99. The first kappa shape index (κ1) is 12.7. The van der Waals surface area contributed by atoms with Gasteiger partial charge in [-0.25, -0.2) is 0 Å². The smallest absolute Gasteiger partial charge is 0.101 e. The van der Waals surface area contributed by atoms with Gasteiger partial charge >= 0.3 is 0 Å². The van der Waals surface area contributed by atoms with Gasteiger partial charge in [-0.1, -0.05) is 37.6 Å². The Morgan fingerprint density at radius 2 is 2.17 bits per heavy atom. The number of aromatic nitrogens is 1. The molecule has 1 heterocycles. The Bertz CT molecular complexity index is 593. The summed E-state index contributed by atoms with van der Waals surface area (Å²) in [6.07, 6.45) is 1.04. The first-order valence-corrected chi connectivity index (χ1v) is 6.42. The molecule has 0 spiro atoms. The number of aromatic amines is 1. The van der Waals surface area contributed by atoms with Gasteiger partial charge in [-0.2, -0.15) is 5.26 Å². The number of H-pyrrole nitrogens is 1. The molecule has 18 heavy (non-hydrogen) atoms. The summed E-state index contributed by atoms with van der Waals surface area (Å²) in [6, 6.07) is 11.7. The molecule has 1 N–H and O–H groups in total. The van der Waals surface area contributed by atoms with Crippen LogP contribution in [-0.4, -0.2) is 4.98 Å². The second-order valence-corrected chi connectivity index (χ2v) is 4.88. The summed E-state index contributed by atoms with van der Waals surface area (Å²) in [5, 5.41) is 9.89. The molecule has 0 saturated heterocycles. The molecule has 2 aromatic rings. The van der Waals surface area contributed by atoms with Gasteiger partial charge in [-0.15, -0.1) is 0 Å². The van der Waals surface area contributed by atoms with Crippen LogP contribution in [0.4, 0.5) is 0 Å². The molecule has 1 aromatic carbocycles. The molecule has 1 atom stereocenters. The van der Waals surface area contributed by atoms with Crippen LogP contribution in [0.5, 0.6) is 0 Å². The van der Waals surface area contributed by atoms with E-state index in [1.807, 2.05) is 30.3 Å². The molecular weight excluding hydrogens is 244 g/mol. The van der Waals surface area contributed by atoms with E-state index in [2.05, 4.69) is 24.9 Å². The molecular formula is C15H15ClN2. The summed E-state index contributed by atoms with van der Waals surface area (Å²) < 4.78 is 0. The SMILES string of the molecule is CCC(C)c1cc(C#N)c(-c2cccc(Cl)c2)[nH]1. The number of halogens is 1. The highest BCUT2D eigenvalue weighted by Gasteiger charge is 2.13. The van der Waals surface area contributed by atoms with Crippen molar-refractivity contribution in [1.82, 2.24) is 4.98 Å². The third-order valence-corrected chi connectivity index (χ3v) is 3.45. The molecule has 0 saturated carbocycles. The largest absolute Gasteiger partial charge is 0.357 e. The molecule has 0 bridgehead atoms. The third-order valence-electron chi connectivity index (χ3n) is 3.22. The fourth-order valence-electron chi connectivity index (χ4n) is 1.92. The summed E-state index contributed by atoms with van der Waals surface area (Å²) in [5.74, 6) is 0.421. The third kappa shape index (κ3) is 2.42. The molecule has 1 unspecified atom stereocenters. The van der Waals surface area contributed by atoms with Gasteiger partial charge in [0.2, 0.25) is 0 Å². The van der Waals surface area contributed by atoms with Crippen molar-refractivity contribution in [3.05, 3.63) is 46.6 Å². The minimum Gasteiger partial charge on any atom is -0.357 e. The molecule has 0 amide bonds. The predicted molar refractivity (Wildman–Crippen MR) is 74.7 cm³/mol. The Balaban J connectivity index is 2.51. The lowest BCUT2D eigenvalue weighted by atomic mass is 10.1. The fourth-order valence-corrected chi connectivity index (χ4v) is 2.11. The van der Waals surface area contributed by atoms with E-state index in [4.69, 9.17) is 11.6 Å². The summed E-state index contributed by atoms with van der Waals surface area (Å²) in [5.41, 5.74) is 3.58. The van der Waals surface area contributed by atoms with E-state index in [0.717, 1.165) is 23.4 Å². The molecule has 0 aliphatic heterocycles. The van der Waals surface area contributed by atoms with Crippen LogP contribution in [0.25, 0.3) is 11.3 Å². The maximum Gasteiger partial charge on any atom is 0.101 e. The molecule has 1 aromatic heterocycles. The quantitative estimate of drug-likeness (QED) is 0.850. The van der Waals surface area contributed by atoms with E-state index in [9.17, 15) is 5.26 Å². The van der Waals surface area contributed by atoms with Gasteiger partial charge in [-0.3, -0.25) is 0 Å². The zero-order valence-electron chi connectivity index (χ0n) is 10.5. The number of nitriles is 1. The zero-order chi connectivity index (χ0) is 13.1. The number of hydrogen-bond acceptors (Lipinski definition) is 1. The van der Waals surface area contributed by atoms with Crippen LogP contribution in [0.2, 0.25) is 5.02 Å². The van der Waals surface area contributed by atoms with Crippen LogP contribution in [0.3, 0.4) is 0 Å². The summed E-state index contributed by atoms with van der Waals surface area (Å²) in [6.45, 7) is 4.28. The van der Waals surface area contributed by atoms with Crippen molar-refractivity contribution < 1.29 is 0 Å². The monoisotopic (exact) mass is 258 g/mol. The molecule has 0 aliphatic rings. The van der Waals surface area contributed by atoms with E-state index in [-0.39, 0.29) is 0 Å². The normalized spacial score (nSPS) is 12.1. The first-order chi connectivity index (χ1) is 8.65. The topological polar surface area (TPSA) is 39.6 Å². The van der Waals surface area contributed by atoms with Crippen molar-refractivity contribution in [3.63, 3.8) is 0 Å². The molecule has 2 rings (SSSR count). The number of hydrogen-bond donors (Lipinski definition) is 1. The van der Waals surface area contributed by atoms with E-state index in [1.54, 1.807) is 0 Å². The minimum absolute atomic E-state index is 0.421. The second-order valence-electron chi connectivity index (χ2n) is 4.44. The Morgan fingerprint density at radius 3 is 2.78 bits per heavy atom. The number of nitrogens with zero attached hydrogens (tertiary/aromatic N) is 1. The lowest BCUT2D eigenvalue weighted by Crippen LogP contribution is -1.90. The molecule has 0 radical (unpaired) electrons. The highest BCUT2D eigenvalue weighted by molar-refractivity contribution is 6.30. The zero-order valence-corrected chi connectivity index (χ0v) is 11.3. The van der Waals surface area contributed by atoms with Gasteiger partial charge in [0.15, 0.2) is 0 Å². The van der Waals surface area contributed by atoms with Crippen LogP contribution >= 0.6 is 11.6 Å². The van der Waals surface area contributed by atoms with Crippen molar-refractivity contribution >= 4 is 11.6 Å². The number of rotatable bonds is 3. The Hall–Kier alpha value is -1.72. The van der Waals surface area contributed by atoms with Gasteiger partial charge in [0.05, 0.1) is 11.3 Å². The highest BCUT2D eigenvalue weighted by atomic mass is 35.5. The summed E-state index contributed by atoms with van der Waals surface area (Å²) in [7, 11) is 0. The Morgan fingerprint density at radius 1 is 1.39 bits per heavy atom. The Kier molecular flexibility index (Phi) is 3.74. The van der Waals surface area contributed by atoms with E-state index >= 15 is 0 Å². The summed E-state index contributed by atoms with van der Waals surface area (Å²) in [4.78, 5) is 3.35. The lowest BCUT2D eigenvalue weighted by molar-refractivity contribution is 0.714. The van der Waals surface area contributed by atoms with E-state index in [0.29, 0.717) is 16.5 Å². The lowest BCUT2D eigenvalue weighted by Gasteiger charge is -2.05. The van der Waals surface area contributed by atoms with Crippen molar-refractivity contribution in [3.8, 4) is 17.3 Å². The van der Waals surface area contributed by atoms with E-state index < -0.39 is 0 Å². The van der Waals surface area contributed by atoms with E-state index in [1.165, 1.54) is 0 Å². The van der Waals surface area contributed by atoms with Crippen LogP contribution < -0.4 is 0 Å². The van der Waals surface area contributed by atoms with Gasteiger partial charge in [0.1, 0.15) is 6.07 Å². The van der Waals surface area contributed by atoms with Crippen molar-refractivity contribution in [2.75, 3.05) is 0 Å². The standard InChI is InChI=1S/C15H15ClN2/c1-3-10(2)14-8-12(9-17)15(18-14)11-5-4-6-13(16)7-11/h4-8,10,18H,3H2,1-2H3. The average molecular weight is 259 g/mol. The highest BCUT2D eigenvalue weighted by Crippen LogP contribution is 2.29. The maximum absolute atomic E-state index is 9.21. The minimum atomic E-state index is 0.421. The average Bonchev–Trinajstić information content (AvgIpc) is 2.82. The molecule has 0 aliphatic carbocycles. The number of nitrogens with one attached hydrogen (secondary N) is 1. The fraction of sp³-hybridized carbons (Fsp3) is 0.267. The molecule has 2 nitrogen and oxygen atoms in total. The van der Waals surface area contributed by atoms with Crippen molar-refractivity contribution in [1.29, 1.82) is 5.26 Å². The first-order valence-electron chi connectivity index (χ1n) is 6.04. The second kappa shape index (κ2) is 5.29. The molecule has 3 heteroatoms. The van der Waals surface area contributed by atoms with Crippen molar-refractivity contribution in [2.24, 2.45) is 0 Å². The van der Waals surface area contributed by atoms with Crippen LogP contribution in [-0.2, 0) is 0 Å². The van der Waals surface area contributed by atoms with Crippen LogP contribution in [0.15, 0.2) is 30.3 Å². The van der Waals surface area contributed by atoms with Crippen LogP contribution in [0.1, 0.15) is 37.4 Å². The maximum atomic E-state index is 9.21. The van der Waals surface area contributed by atoms with Gasteiger partial charge in [0.25, 0.3) is 0 Å². The molecule has 0 fully saturated rings. The van der Waals surface area contributed by atoms with Gasteiger partial charge in [-0.05, 0) is 30.5 Å². The van der Waals surface area contributed by atoms with Crippen molar-refractivity contribution in [2.45, 2.75) is 26.2 Å².